The van der Waals surface area contributed by atoms with Gasteiger partial charge in [0.15, 0.2) is 0 Å². The number of hydrogen-bond donors (Lipinski definition) is 2. The van der Waals surface area contributed by atoms with Gasteiger partial charge in [-0.05, 0) is 19.9 Å². The lowest BCUT2D eigenvalue weighted by atomic mass is 10.0. The second-order valence-corrected chi connectivity index (χ2v) is 8.88. The third-order valence-electron chi connectivity index (χ3n) is 6.00. The Labute approximate surface area is 182 Å². The third kappa shape index (κ3) is 4.30. The van der Waals surface area contributed by atoms with E-state index >= 15 is 0 Å². The molecule has 2 saturated heterocycles. The Balaban J connectivity index is 1.34. The molecule has 1 aromatic rings. The van der Waals surface area contributed by atoms with Crippen molar-refractivity contribution in [3.05, 3.63) is 29.7 Å². The van der Waals surface area contributed by atoms with Crippen molar-refractivity contribution in [1.82, 2.24) is 10.2 Å². The zero-order valence-electron chi connectivity index (χ0n) is 18.1. The molecule has 1 unspecified atom stereocenters. The maximum atomic E-state index is 13.1. The van der Waals surface area contributed by atoms with Crippen molar-refractivity contribution in [3.63, 3.8) is 0 Å². The first kappa shape index (κ1) is 20.4. The van der Waals surface area contributed by atoms with Crippen LogP contribution in [0.25, 0.3) is 0 Å². The summed E-state index contributed by atoms with van der Waals surface area (Å²) in [5.41, 5.74) is 3.01. The first-order valence-corrected chi connectivity index (χ1v) is 10.9. The molecule has 1 amide bonds. The number of benzene rings is 1. The lowest BCUT2D eigenvalue weighted by molar-refractivity contribution is -0.113. The van der Waals surface area contributed by atoms with E-state index in [0.717, 1.165) is 55.3 Å². The fraction of sp³-hybridized carbons (Fsp3) is 0.591. The molecule has 1 atom stereocenters. The van der Waals surface area contributed by atoms with Crippen LogP contribution in [0.5, 0.6) is 5.75 Å². The van der Waals surface area contributed by atoms with Gasteiger partial charge in [-0.2, -0.15) is 0 Å². The molecule has 4 heterocycles. The van der Waals surface area contributed by atoms with Crippen molar-refractivity contribution in [1.29, 1.82) is 0 Å². The van der Waals surface area contributed by atoms with E-state index < -0.39 is 0 Å². The van der Waals surface area contributed by atoms with E-state index in [1.165, 1.54) is 6.26 Å². The zero-order valence-corrected chi connectivity index (χ0v) is 18.1. The van der Waals surface area contributed by atoms with Crippen LogP contribution in [-0.2, 0) is 25.4 Å². The lowest BCUT2D eigenvalue weighted by Crippen LogP contribution is -2.49. The number of rotatable bonds is 4. The van der Waals surface area contributed by atoms with E-state index in [0.29, 0.717) is 32.1 Å². The van der Waals surface area contributed by atoms with Crippen LogP contribution in [0.4, 0.5) is 11.4 Å². The van der Waals surface area contributed by atoms with Gasteiger partial charge in [0.2, 0.25) is 6.35 Å². The number of anilines is 2. The Bertz CT molecular complexity index is 875. The maximum absolute atomic E-state index is 13.1. The van der Waals surface area contributed by atoms with Gasteiger partial charge < -0.3 is 34.5 Å². The monoisotopic (exact) mass is 430 g/mol. The molecule has 168 valence electrons. The first-order valence-electron chi connectivity index (χ1n) is 10.9. The molecule has 0 aromatic heterocycles. The van der Waals surface area contributed by atoms with E-state index in [4.69, 9.17) is 18.9 Å². The molecule has 0 radical (unpaired) electrons. The molecule has 5 rings (SSSR count). The fourth-order valence-corrected chi connectivity index (χ4v) is 4.44. The number of nitrogens with zero attached hydrogens (tertiary/aromatic N) is 2. The number of ether oxygens (including phenoxy) is 4. The SMILES string of the molecule is CC1(C)Cc2cc(NC(=O)C3=COC(N4CCOCC4)N3)c(N3CCOCC3)cc2O1. The lowest BCUT2D eigenvalue weighted by Gasteiger charge is -2.31. The maximum Gasteiger partial charge on any atom is 0.275 e. The van der Waals surface area contributed by atoms with Crippen molar-refractivity contribution in [3.8, 4) is 5.75 Å². The standard InChI is InChI=1S/C22H30N4O5/c1-22(2)13-15-11-16(18(12-19(15)31-22)25-3-7-28-8-4-25)23-20(27)17-14-30-21(24-17)26-5-9-29-10-6-26/h11-12,14,21,24H,3-10,13H2,1-2H3,(H,23,27). The molecule has 0 spiro atoms. The average molecular weight is 431 g/mol. The second-order valence-electron chi connectivity index (χ2n) is 8.88. The van der Waals surface area contributed by atoms with Crippen LogP contribution < -0.4 is 20.3 Å². The fourth-order valence-electron chi connectivity index (χ4n) is 4.44. The van der Waals surface area contributed by atoms with Crippen LogP contribution >= 0.6 is 0 Å². The van der Waals surface area contributed by atoms with Gasteiger partial charge in [0.1, 0.15) is 23.3 Å². The van der Waals surface area contributed by atoms with Gasteiger partial charge >= 0.3 is 0 Å². The molecule has 0 saturated carbocycles. The predicted octanol–water partition coefficient (Wildman–Crippen LogP) is 1.25. The highest BCUT2D eigenvalue weighted by Crippen LogP contribution is 2.42. The molecule has 0 aliphatic carbocycles. The van der Waals surface area contributed by atoms with Crippen LogP contribution in [0.15, 0.2) is 24.1 Å². The van der Waals surface area contributed by atoms with Gasteiger partial charge in [0, 0.05) is 44.2 Å². The first-order chi connectivity index (χ1) is 15.0. The summed E-state index contributed by atoms with van der Waals surface area (Å²) in [5.74, 6) is 0.668. The van der Waals surface area contributed by atoms with E-state index in [1.807, 2.05) is 6.07 Å². The summed E-state index contributed by atoms with van der Waals surface area (Å²) >= 11 is 0. The van der Waals surface area contributed by atoms with Crippen molar-refractivity contribution >= 4 is 17.3 Å². The average Bonchev–Trinajstić information content (AvgIpc) is 3.38. The molecule has 0 bridgehead atoms. The zero-order chi connectivity index (χ0) is 21.4. The van der Waals surface area contributed by atoms with Gasteiger partial charge in [-0.1, -0.05) is 0 Å². The van der Waals surface area contributed by atoms with Gasteiger partial charge in [0.05, 0.1) is 37.8 Å². The van der Waals surface area contributed by atoms with Crippen LogP contribution in [-0.4, -0.2) is 75.4 Å². The summed E-state index contributed by atoms with van der Waals surface area (Å²) in [6.07, 6.45) is 1.97. The molecule has 2 N–H and O–H groups in total. The Morgan fingerprint density at radius 2 is 1.81 bits per heavy atom. The Kier molecular flexibility index (Phi) is 5.41. The third-order valence-corrected chi connectivity index (χ3v) is 6.00. The Morgan fingerprint density at radius 1 is 1.10 bits per heavy atom. The number of carbonyl (C=O) groups excluding carboxylic acids is 1. The van der Waals surface area contributed by atoms with E-state index in [2.05, 4.69) is 40.3 Å². The van der Waals surface area contributed by atoms with Crippen molar-refractivity contribution in [2.45, 2.75) is 32.2 Å². The summed E-state index contributed by atoms with van der Waals surface area (Å²) in [4.78, 5) is 17.4. The quantitative estimate of drug-likeness (QED) is 0.739. The number of hydrogen-bond acceptors (Lipinski definition) is 8. The van der Waals surface area contributed by atoms with Crippen LogP contribution in [0.2, 0.25) is 0 Å². The van der Waals surface area contributed by atoms with Gasteiger partial charge in [0.25, 0.3) is 5.91 Å². The Hall–Kier alpha value is -2.49. The summed E-state index contributed by atoms with van der Waals surface area (Å²) in [6, 6.07) is 4.09. The molecule has 4 aliphatic rings. The van der Waals surface area contributed by atoms with Crippen LogP contribution in [0, 0.1) is 0 Å². The minimum absolute atomic E-state index is 0.219. The minimum atomic E-state index is -0.336. The number of nitrogens with one attached hydrogen (secondary N) is 2. The molecule has 9 nitrogen and oxygen atoms in total. The van der Waals surface area contributed by atoms with Gasteiger partial charge in [-0.25, -0.2) is 4.90 Å². The smallest absolute Gasteiger partial charge is 0.275 e. The van der Waals surface area contributed by atoms with Crippen molar-refractivity contribution in [2.75, 3.05) is 62.8 Å². The molecule has 9 heteroatoms. The molecular formula is C22H30N4O5. The molecule has 2 fully saturated rings. The van der Waals surface area contributed by atoms with Crippen molar-refractivity contribution in [2.24, 2.45) is 0 Å². The number of amides is 1. The number of carbonyl (C=O) groups is 1. The molecule has 1 aromatic carbocycles. The van der Waals surface area contributed by atoms with Crippen molar-refractivity contribution < 1.29 is 23.7 Å². The number of fused-ring (bicyclic) bond motifs is 1. The van der Waals surface area contributed by atoms with Crippen LogP contribution in [0.1, 0.15) is 19.4 Å². The summed E-state index contributed by atoms with van der Waals surface area (Å²) < 4.78 is 22.7. The van der Waals surface area contributed by atoms with Crippen LogP contribution in [0.3, 0.4) is 0 Å². The predicted molar refractivity (Wildman–Crippen MR) is 115 cm³/mol. The summed E-state index contributed by atoms with van der Waals surface area (Å²) in [6.45, 7) is 9.90. The normalized spacial score (nSPS) is 25.2. The highest BCUT2D eigenvalue weighted by Gasteiger charge is 2.33. The van der Waals surface area contributed by atoms with E-state index in [9.17, 15) is 4.79 Å². The highest BCUT2D eigenvalue weighted by molar-refractivity contribution is 6.05. The summed E-state index contributed by atoms with van der Waals surface area (Å²) in [7, 11) is 0. The largest absolute Gasteiger partial charge is 0.487 e. The van der Waals surface area contributed by atoms with E-state index in [-0.39, 0.29) is 17.9 Å². The molecular weight excluding hydrogens is 400 g/mol. The van der Waals surface area contributed by atoms with Gasteiger partial charge in [-0.15, -0.1) is 0 Å². The van der Waals surface area contributed by atoms with Gasteiger partial charge in [-0.3, -0.25) is 4.79 Å². The Morgan fingerprint density at radius 3 is 2.55 bits per heavy atom. The minimum Gasteiger partial charge on any atom is -0.487 e. The highest BCUT2D eigenvalue weighted by atomic mass is 16.5. The number of morpholine rings is 2. The molecule has 4 aliphatic heterocycles. The topological polar surface area (TPSA) is 84.5 Å². The second kappa shape index (κ2) is 8.22. The summed E-state index contributed by atoms with van der Waals surface area (Å²) in [5, 5.41) is 6.28. The molecule has 31 heavy (non-hydrogen) atoms. The van der Waals surface area contributed by atoms with E-state index in [1.54, 1.807) is 0 Å².